The maximum atomic E-state index is 12.1. The number of hydrazone groups is 1. The summed E-state index contributed by atoms with van der Waals surface area (Å²) in [7, 11) is 0. The number of nitrogens with one attached hydrogen (secondary N) is 2. The van der Waals surface area contributed by atoms with Crippen LogP contribution in [0.1, 0.15) is 55.1 Å². The van der Waals surface area contributed by atoms with Crippen LogP contribution in [0.15, 0.2) is 52.2 Å². The van der Waals surface area contributed by atoms with Crippen molar-refractivity contribution in [3.63, 3.8) is 0 Å². The van der Waals surface area contributed by atoms with Crippen LogP contribution in [0.25, 0.3) is 0 Å². The molecule has 136 valence electrons. The van der Waals surface area contributed by atoms with E-state index in [1.165, 1.54) is 12.7 Å². The van der Waals surface area contributed by atoms with Crippen molar-refractivity contribution < 1.29 is 14.0 Å². The highest BCUT2D eigenvalue weighted by Gasteiger charge is 2.20. The largest absolute Gasteiger partial charge is 0.459 e. The third kappa shape index (κ3) is 4.59. The van der Waals surface area contributed by atoms with Gasteiger partial charge in [-0.2, -0.15) is 5.10 Å². The van der Waals surface area contributed by atoms with Gasteiger partial charge in [-0.3, -0.25) is 9.59 Å². The van der Waals surface area contributed by atoms with Gasteiger partial charge < -0.3 is 9.73 Å². The Morgan fingerprint density at radius 2 is 1.81 bits per heavy atom. The molecule has 0 aliphatic heterocycles. The van der Waals surface area contributed by atoms with E-state index < -0.39 is 0 Å². The molecule has 1 heterocycles. The van der Waals surface area contributed by atoms with Gasteiger partial charge in [-0.15, -0.1) is 0 Å². The summed E-state index contributed by atoms with van der Waals surface area (Å²) in [6, 6.07) is 10.6. The lowest BCUT2D eigenvalue weighted by atomic mass is 9.89. The third-order valence-corrected chi connectivity index (χ3v) is 4.62. The molecule has 2 aromatic rings. The van der Waals surface area contributed by atoms with E-state index in [0.717, 1.165) is 37.0 Å². The number of carbonyl (C=O) groups is 2. The second-order valence-corrected chi connectivity index (χ2v) is 6.52. The molecule has 6 heteroatoms. The molecule has 0 atom stereocenters. The quantitative estimate of drug-likeness (QED) is 0.630. The molecule has 0 bridgehead atoms. The third-order valence-electron chi connectivity index (χ3n) is 4.62. The van der Waals surface area contributed by atoms with E-state index >= 15 is 0 Å². The molecule has 1 saturated carbocycles. The summed E-state index contributed by atoms with van der Waals surface area (Å²) >= 11 is 0. The lowest BCUT2D eigenvalue weighted by molar-refractivity contribution is -0.125. The smallest absolute Gasteiger partial charge is 0.291 e. The van der Waals surface area contributed by atoms with Gasteiger partial charge in [0.2, 0.25) is 5.91 Å². The molecule has 6 nitrogen and oxygen atoms in total. The molecule has 1 aliphatic carbocycles. The molecular weight excluding hydrogens is 330 g/mol. The van der Waals surface area contributed by atoms with E-state index in [2.05, 4.69) is 15.8 Å². The summed E-state index contributed by atoms with van der Waals surface area (Å²) in [5.41, 5.74) is 4.94. The number of amides is 2. The number of carbonyl (C=O) groups excluding carboxylic acids is 2. The van der Waals surface area contributed by atoms with Crippen LogP contribution in [-0.2, 0) is 4.79 Å². The Balaban J connectivity index is 1.56. The fourth-order valence-corrected chi connectivity index (χ4v) is 3.05. The summed E-state index contributed by atoms with van der Waals surface area (Å²) < 4.78 is 5.06. The number of anilines is 1. The van der Waals surface area contributed by atoms with Gasteiger partial charge >= 0.3 is 0 Å². The highest BCUT2D eigenvalue weighted by atomic mass is 16.3. The summed E-state index contributed by atoms with van der Waals surface area (Å²) in [6.45, 7) is 1.84. The topological polar surface area (TPSA) is 83.7 Å². The van der Waals surface area contributed by atoms with Crippen LogP contribution in [0, 0.1) is 5.92 Å². The van der Waals surface area contributed by atoms with Crippen molar-refractivity contribution in [2.45, 2.75) is 39.0 Å². The van der Waals surface area contributed by atoms with Crippen molar-refractivity contribution in [2.24, 2.45) is 11.0 Å². The lowest BCUT2D eigenvalue weighted by Gasteiger charge is -2.19. The van der Waals surface area contributed by atoms with Gasteiger partial charge in [-0.05, 0) is 49.6 Å². The number of hydrogen-bond donors (Lipinski definition) is 2. The van der Waals surface area contributed by atoms with Gasteiger partial charge in [0.1, 0.15) is 0 Å². The fraction of sp³-hybridized carbons (Fsp3) is 0.350. The van der Waals surface area contributed by atoms with Crippen LogP contribution >= 0.6 is 0 Å². The highest BCUT2D eigenvalue weighted by molar-refractivity contribution is 6.03. The van der Waals surface area contributed by atoms with Gasteiger partial charge in [0.15, 0.2) is 5.76 Å². The first-order valence-corrected chi connectivity index (χ1v) is 8.93. The molecular formula is C20H23N3O3. The predicted octanol–water partition coefficient (Wildman–Crippen LogP) is 3.95. The summed E-state index contributed by atoms with van der Waals surface area (Å²) in [6.07, 6.45) is 6.81. The zero-order valence-corrected chi connectivity index (χ0v) is 14.8. The molecule has 1 fully saturated rings. The molecule has 1 aromatic carbocycles. The van der Waals surface area contributed by atoms with Crippen LogP contribution in [0.4, 0.5) is 5.69 Å². The van der Waals surface area contributed by atoms with Crippen molar-refractivity contribution in [1.82, 2.24) is 5.43 Å². The normalized spacial score (nSPS) is 15.5. The van der Waals surface area contributed by atoms with Crippen molar-refractivity contribution in [1.29, 1.82) is 0 Å². The molecule has 3 rings (SSSR count). The van der Waals surface area contributed by atoms with Crippen molar-refractivity contribution in [2.75, 3.05) is 5.32 Å². The van der Waals surface area contributed by atoms with Crippen molar-refractivity contribution in [3.05, 3.63) is 54.0 Å². The van der Waals surface area contributed by atoms with Gasteiger partial charge in [0, 0.05) is 11.6 Å². The molecule has 0 saturated heterocycles. The first-order valence-electron chi connectivity index (χ1n) is 8.93. The minimum atomic E-state index is -0.298. The molecule has 2 amide bonds. The number of hydrogen-bond acceptors (Lipinski definition) is 4. The minimum absolute atomic E-state index is 0.00591. The molecule has 0 spiro atoms. The molecule has 0 unspecified atom stereocenters. The standard InChI is InChI=1S/C20H23N3O3/c1-14(22-23-19(24)16-6-3-2-4-7-16)15-9-11-17(12-10-15)21-20(25)18-8-5-13-26-18/h5,8-13,16H,2-4,6-7H2,1H3,(H,21,25)(H,23,24). The predicted molar refractivity (Wildman–Crippen MR) is 100 cm³/mol. The van der Waals surface area contributed by atoms with Gasteiger partial charge in [0.05, 0.1) is 12.0 Å². The van der Waals surface area contributed by atoms with E-state index in [0.29, 0.717) is 5.69 Å². The minimum Gasteiger partial charge on any atom is -0.459 e. The van der Waals surface area contributed by atoms with E-state index in [-0.39, 0.29) is 23.5 Å². The van der Waals surface area contributed by atoms with Crippen molar-refractivity contribution >= 4 is 23.2 Å². The lowest BCUT2D eigenvalue weighted by Crippen LogP contribution is -2.29. The SMILES string of the molecule is CC(=NNC(=O)C1CCCCC1)c1ccc(NC(=O)c2ccco2)cc1. The monoisotopic (exact) mass is 353 g/mol. The van der Waals surface area contributed by atoms with Crippen LogP contribution in [0.5, 0.6) is 0 Å². The number of rotatable bonds is 5. The average molecular weight is 353 g/mol. The summed E-state index contributed by atoms with van der Waals surface area (Å²) in [5, 5.41) is 6.98. The molecule has 1 aliphatic rings. The Kier molecular flexibility index (Phi) is 5.84. The Bertz CT molecular complexity index is 773. The fourth-order valence-electron chi connectivity index (χ4n) is 3.05. The zero-order valence-electron chi connectivity index (χ0n) is 14.8. The van der Waals surface area contributed by atoms with Crippen LogP contribution in [-0.4, -0.2) is 17.5 Å². The molecule has 26 heavy (non-hydrogen) atoms. The zero-order chi connectivity index (χ0) is 18.4. The Labute approximate surface area is 152 Å². The van der Waals surface area contributed by atoms with Gasteiger partial charge in [0.25, 0.3) is 5.91 Å². The molecule has 0 radical (unpaired) electrons. The van der Waals surface area contributed by atoms with Gasteiger partial charge in [-0.1, -0.05) is 31.4 Å². The second kappa shape index (κ2) is 8.47. The summed E-state index contributed by atoms with van der Waals surface area (Å²) in [5.74, 6) is 0.0519. The van der Waals surface area contributed by atoms with Gasteiger partial charge in [-0.25, -0.2) is 5.43 Å². The number of benzene rings is 1. The van der Waals surface area contributed by atoms with Crippen molar-refractivity contribution in [3.8, 4) is 0 Å². The van der Waals surface area contributed by atoms with E-state index in [1.807, 2.05) is 19.1 Å². The second-order valence-electron chi connectivity index (χ2n) is 6.52. The molecule has 1 aromatic heterocycles. The van der Waals surface area contributed by atoms with E-state index in [9.17, 15) is 9.59 Å². The first kappa shape index (κ1) is 17.9. The number of nitrogens with zero attached hydrogens (tertiary/aromatic N) is 1. The number of furan rings is 1. The average Bonchev–Trinajstić information content (AvgIpc) is 3.22. The first-order chi connectivity index (χ1) is 12.6. The summed E-state index contributed by atoms with van der Waals surface area (Å²) in [4.78, 5) is 24.1. The van der Waals surface area contributed by atoms with E-state index in [4.69, 9.17) is 4.42 Å². The maximum Gasteiger partial charge on any atom is 0.291 e. The molecule has 2 N–H and O–H groups in total. The Morgan fingerprint density at radius 1 is 1.08 bits per heavy atom. The van der Waals surface area contributed by atoms with E-state index in [1.54, 1.807) is 24.3 Å². The van der Waals surface area contributed by atoms with Crippen LogP contribution in [0.3, 0.4) is 0 Å². The Hall–Kier alpha value is -2.89. The van der Waals surface area contributed by atoms with Crippen LogP contribution in [0.2, 0.25) is 0 Å². The maximum absolute atomic E-state index is 12.1. The Morgan fingerprint density at radius 3 is 2.46 bits per heavy atom. The van der Waals surface area contributed by atoms with Crippen LogP contribution < -0.4 is 10.7 Å². The highest BCUT2D eigenvalue weighted by Crippen LogP contribution is 2.23.